The van der Waals surface area contributed by atoms with Gasteiger partial charge in [0.25, 0.3) is 0 Å². The van der Waals surface area contributed by atoms with E-state index in [2.05, 4.69) is 0 Å². The molecule has 0 aromatic heterocycles. The van der Waals surface area contributed by atoms with Crippen LogP contribution in [0.15, 0.2) is 59.5 Å². The van der Waals surface area contributed by atoms with E-state index in [4.69, 9.17) is 19.7 Å². The SMILES string of the molecule is CCOP(=O)(O)Cc1cccc(CC2c3cc(OCCOC)ccc3-c3cc(N)cc(SO)c32)c1. The number of ether oxygens (including phenoxy) is 2. The van der Waals surface area contributed by atoms with Crippen LogP contribution in [-0.4, -0.2) is 36.4 Å². The van der Waals surface area contributed by atoms with Gasteiger partial charge in [-0.15, -0.1) is 0 Å². The number of rotatable bonds is 11. The number of hydrogen-bond acceptors (Lipinski definition) is 7. The number of benzene rings is 3. The lowest BCUT2D eigenvalue weighted by atomic mass is 9.89. The quantitative estimate of drug-likeness (QED) is 0.125. The van der Waals surface area contributed by atoms with E-state index in [0.717, 1.165) is 44.0 Å². The Morgan fingerprint density at radius 2 is 1.86 bits per heavy atom. The molecule has 35 heavy (non-hydrogen) atoms. The van der Waals surface area contributed by atoms with E-state index < -0.39 is 7.60 Å². The molecule has 9 heteroatoms. The summed E-state index contributed by atoms with van der Waals surface area (Å²) < 4.78 is 38.4. The van der Waals surface area contributed by atoms with E-state index in [0.29, 0.717) is 37.4 Å². The summed E-state index contributed by atoms with van der Waals surface area (Å²) in [5.41, 5.74) is 12.6. The number of hydrogen-bond donors (Lipinski definition) is 3. The molecule has 0 saturated heterocycles. The molecule has 0 aliphatic heterocycles. The van der Waals surface area contributed by atoms with E-state index in [-0.39, 0.29) is 18.7 Å². The number of fused-ring (bicyclic) bond motifs is 3. The molecular weight excluding hydrogens is 485 g/mol. The highest BCUT2D eigenvalue weighted by atomic mass is 32.2. The van der Waals surface area contributed by atoms with Crippen molar-refractivity contribution in [1.82, 2.24) is 0 Å². The Kier molecular flexibility index (Phi) is 8.22. The highest BCUT2D eigenvalue weighted by molar-refractivity contribution is 7.93. The van der Waals surface area contributed by atoms with Crippen LogP contribution in [0.3, 0.4) is 0 Å². The lowest BCUT2D eigenvalue weighted by molar-refractivity contribution is 0.146. The molecule has 2 unspecified atom stereocenters. The summed E-state index contributed by atoms with van der Waals surface area (Å²) in [5.74, 6) is 0.695. The largest absolute Gasteiger partial charge is 0.491 e. The van der Waals surface area contributed by atoms with Crippen molar-refractivity contribution >= 4 is 25.3 Å². The first-order chi connectivity index (χ1) is 16.8. The Labute approximate surface area is 210 Å². The summed E-state index contributed by atoms with van der Waals surface area (Å²) in [6.45, 7) is 2.82. The van der Waals surface area contributed by atoms with Crippen LogP contribution in [0.4, 0.5) is 5.69 Å². The van der Waals surface area contributed by atoms with Gasteiger partial charge in [-0.05, 0) is 71.0 Å². The molecule has 0 fully saturated rings. The van der Waals surface area contributed by atoms with Crippen molar-refractivity contribution < 1.29 is 28.0 Å². The minimum absolute atomic E-state index is 0.0434. The van der Waals surface area contributed by atoms with Gasteiger partial charge < -0.3 is 29.2 Å². The van der Waals surface area contributed by atoms with Gasteiger partial charge in [-0.1, -0.05) is 30.3 Å². The summed E-state index contributed by atoms with van der Waals surface area (Å²) in [6.07, 6.45) is 0.593. The first-order valence-electron chi connectivity index (χ1n) is 11.4. The van der Waals surface area contributed by atoms with Crippen molar-refractivity contribution in [3.63, 3.8) is 0 Å². The predicted octanol–water partition coefficient (Wildman–Crippen LogP) is 5.94. The van der Waals surface area contributed by atoms with Gasteiger partial charge in [0.05, 0.1) is 19.4 Å². The minimum atomic E-state index is -3.69. The second kappa shape index (κ2) is 11.2. The summed E-state index contributed by atoms with van der Waals surface area (Å²) in [6, 6.07) is 17.4. The van der Waals surface area contributed by atoms with E-state index >= 15 is 0 Å². The van der Waals surface area contributed by atoms with Gasteiger partial charge in [0, 0.05) is 35.7 Å². The number of anilines is 1. The van der Waals surface area contributed by atoms with E-state index in [1.807, 2.05) is 48.5 Å². The molecule has 4 rings (SSSR count). The Hall–Kier alpha value is -2.32. The van der Waals surface area contributed by atoms with Gasteiger partial charge in [0.2, 0.25) is 0 Å². The van der Waals surface area contributed by atoms with Crippen molar-refractivity contribution in [2.45, 2.75) is 30.3 Å². The van der Waals surface area contributed by atoms with Crippen LogP contribution < -0.4 is 10.5 Å². The molecule has 0 heterocycles. The average molecular weight is 516 g/mol. The lowest BCUT2D eigenvalue weighted by Crippen LogP contribution is -2.06. The van der Waals surface area contributed by atoms with Gasteiger partial charge in [-0.25, -0.2) is 0 Å². The molecule has 7 nitrogen and oxygen atoms in total. The molecule has 0 amide bonds. The summed E-state index contributed by atoms with van der Waals surface area (Å²) in [7, 11) is -2.06. The van der Waals surface area contributed by atoms with Crippen LogP contribution in [0.1, 0.15) is 35.1 Å². The Morgan fingerprint density at radius 3 is 2.60 bits per heavy atom. The van der Waals surface area contributed by atoms with Crippen molar-refractivity contribution in [2.24, 2.45) is 0 Å². The average Bonchev–Trinajstić information content (AvgIpc) is 3.11. The second-order valence-electron chi connectivity index (χ2n) is 8.45. The number of nitrogen functional groups attached to an aromatic ring is 1. The normalized spacial score (nSPS) is 15.9. The van der Waals surface area contributed by atoms with E-state index in [1.54, 1.807) is 20.1 Å². The van der Waals surface area contributed by atoms with Crippen molar-refractivity contribution in [1.29, 1.82) is 0 Å². The van der Waals surface area contributed by atoms with Gasteiger partial charge in [-0.2, -0.15) is 0 Å². The fraction of sp³-hybridized carbons (Fsp3) is 0.308. The Bertz CT molecular complexity index is 1250. The number of nitrogens with two attached hydrogens (primary N) is 1. The van der Waals surface area contributed by atoms with Crippen molar-refractivity contribution in [3.05, 3.63) is 76.9 Å². The predicted molar refractivity (Wildman–Crippen MR) is 139 cm³/mol. The molecule has 0 radical (unpaired) electrons. The zero-order valence-corrected chi connectivity index (χ0v) is 21.5. The Balaban J connectivity index is 1.71. The highest BCUT2D eigenvalue weighted by Crippen LogP contribution is 2.51. The number of methoxy groups -OCH3 is 1. The third kappa shape index (κ3) is 5.92. The fourth-order valence-corrected chi connectivity index (χ4v) is 6.34. The first kappa shape index (κ1) is 25.8. The highest BCUT2D eigenvalue weighted by Gasteiger charge is 2.32. The maximum atomic E-state index is 12.3. The zero-order chi connectivity index (χ0) is 25.0. The van der Waals surface area contributed by atoms with Crippen LogP contribution in [0.5, 0.6) is 5.75 Å². The molecule has 1 aliphatic rings. The smallest absolute Gasteiger partial charge is 0.332 e. The van der Waals surface area contributed by atoms with Gasteiger partial charge in [0.1, 0.15) is 12.4 Å². The summed E-state index contributed by atoms with van der Waals surface area (Å²) in [4.78, 5) is 10.8. The maximum absolute atomic E-state index is 12.3. The molecular formula is C26H30NO6PS. The molecule has 2 atom stereocenters. The summed E-state index contributed by atoms with van der Waals surface area (Å²) in [5, 5.41) is 0. The van der Waals surface area contributed by atoms with Gasteiger partial charge >= 0.3 is 7.60 Å². The van der Waals surface area contributed by atoms with Crippen LogP contribution in [-0.2, 0) is 26.4 Å². The second-order valence-corrected chi connectivity index (χ2v) is 10.9. The standard InChI is InChI=1S/C26H30NO6PS/c1-3-33-34(28,29)16-18-6-4-5-17(11-18)12-23-22-15-20(32-10-9-31-2)7-8-21(22)24-13-19(27)14-25(35-30)26(23)24/h4-8,11,13-15,23,30H,3,9-10,12,16,27H2,1-2H3,(H,28,29). The monoisotopic (exact) mass is 515 g/mol. The van der Waals surface area contributed by atoms with Crippen molar-refractivity contribution in [3.8, 4) is 16.9 Å². The molecule has 3 aromatic carbocycles. The van der Waals surface area contributed by atoms with Crippen molar-refractivity contribution in [2.75, 3.05) is 32.7 Å². The lowest BCUT2D eigenvalue weighted by Gasteiger charge is -2.18. The van der Waals surface area contributed by atoms with Crippen LogP contribution in [0, 0.1) is 0 Å². The third-order valence-corrected chi connectivity index (χ3v) is 7.96. The van der Waals surface area contributed by atoms with Gasteiger partial charge in [0.15, 0.2) is 0 Å². The van der Waals surface area contributed by atoms with E-state index in [1.165, 1.54) is 0 Å². The van der Waals surface area contributed by atoms with Gasteiger partial charge in [-0.3, -0.25) is 4.57 Å². The van der Waals surface area contributed by atoms with Crippen LogP contribution in [0.2, 0.25) is 0 Å². The molecule has 4 N–H and O–H groups in total. The molecule has 3 aromatic rings. The maximum Gasteiger partial charge on any atom is 0.332 e. The van der Waals surface area contributed by atoms with E-state index in [9.17, 15) is 14.0 Å². The Morgan fingerprint density at radius 1 is 1.06 bits per heavy atom. The van der Waals surface area contributed by atoms with Crippen LogP contribution in [0.25, 0.3) is 11.1 Å². The minimum Gasteiger partial charge on any atom is -0.491 e. The fourth-order valence-electron chi connectivity index (χ4n) is 4.65. The molecule has 1 aliphatic carbocycles. The zero-order valence-electron chi connectivity index (χ0n) is 19.8. The molecule has 0 bridgehead atoms. The molecule has 0 saturated carbocycles. The topological polar surface area (TPSA) is 111 Å². The third-order valence-electron chi connectivity index (χ3n) is 6.00. The molecule has 0 spiro atoms. The first-order valence-corrected chi connectivity index (χ1v) is 13.9. The summed E-state index contributed by atoms with van der Waals surface area (Å²) >= 11 is 0.697. The molecule has 186 valence electrons. The van der Waals surface area contributed by atoms with Crippen LogP contribution >= 0.6 is 19.6 Å².